The average molecular weight is 274 g/mol. The monoisotopic (exact) mass is 274 g/mol. The number of hydrogen-bond donors (Lipinski definition) is 2. The summed E-state index contributed by atoms with van der Waals surface area (Å²) in [5.41, 5.74) is 8.47. The fourth-order valence-electron chi connectivity index (χ4n) is 3.02. The summed E-state index contributed by atoms with van der Waals surface area (Å²) in [6, 6.07) is 5.78. The Morgan fingerprint density at radius 1 is 1.35 bits per heavy atom. The van der Waals surface area contributed by atoms with Crippen LogP contribution in [0.2, 0.25) is 0 Å². The molecule has 5 nitrogen and oxygen atoms in total. The molecule has 1 aromatic carbocycles. The molecule has 0 bridgehead atoms. The number of aliphatic hydroxyl groups is 1. The van der Waals surface area contributed by atoms with Crippen molar-refractivity contribution in [2.75, 3.05) is 25.9 Å². The van der Waals surface area contributed by atoms with E-state index >= 15 is 0 Å². The maximum atomic E-state index is 9.54. The highest BCUT2D eigenvalue weighted by molar-refractivity contribution is 5.79. The Bertz CT molecular complexity index is 599. The van der Waals surface area contributed by atoms with Crippen molar-refractivity contribution in [1.29, 1.82) is 0 Å². The number of piperidine rings is 1. The molecule has 1 fully saturated rings. The molecular weight excluding hydrogens is 252 g/mol. The Morgan fingerprint density at radius 2 is 2.10 bits per heavy atom. The first-order valence-corrected chi connectivity index (χ1v) is 7.21. The molecule has 0 aliphatic carbocycles. The summed E-state index contributed by atoms with van der Waals surface area (Å²) >= 11 is 0. The van der Waals surface area contributed by atoms with E-state index in [9.17, 15) is 5.11 Å². The van der Waals surface area contributed by atoms with Crippen LogP contribution in [0.5, 0.6) is 0 Å². The van der Waals surface area contributed by atoms with Gasteiger partial charge in [-0.1, -0.05) is 0 Å². The molecule has 1 saturated heterocycles. The van der Waals surface area contributed by atoms with Gasteiger partial charge in [0.25, 0.3) is 0 Å². The van der Waals surface area contributed by atoms with Crippen LogP contribution in [0, 0.1) is 5.92 Å². The van der Waals surface area contributed by atoms with Crippen molar-refractivity contribution >= 4 is 16.7 Å². The first kappa shape index (κ1) is 13.4. The lowest BCUT2D eigenvalue weighted by Gasteiger charge is -2.29. The molecule has 0 radical (unpaired) electrons. The van der Waals surface area contributed by atoms with Crippen molar-refractivity contribution in [2.24, 2.45) is 5.92 Å². The average Bonchev–Trinajstić information content (AvgIpc) is 2.78. The molecule has 108 valence electrons. The zero-order valence-corrected chi connectivity index (χ0v) is 11.9. The fourth-order valence-corrected chi connectivity index (χ4v) is 3.02. The van der Waals surface area contributed by atoms with Crippen LogP contribution >= 0.6 is 0 Å². The molecule has 3 rings (SSSR count). The third-order valence-corrected chi connectivity index (χ3v) is 4.27. The zero-order chi connectivity index (χ0) is 14.1. The molecule has 20 heavy (non-hydrogen) atoms. The number of nitrogens with zero attached hydrogens (tertiary/aromatic N) is 3. The van der Waals surface area contributed by atoms with E-state index in [-0.39, 0.29) is 6.61 Å². The Kier molecular flexibility index (Phi) is 3.63. The van der Waals surface area contributed by atoms with E-state index in [2.05, 4.69) is 21.5 Å². The molecule has 0 unspecified atom stereocenters. The molecule has 0 saturated carbocycles. The van der Waals surface area contributed by atoms with Crippen LogP contribution in [0.25, 0.3) is 11.0 Å². The first-order valence-electron chi connectivity index (χ1n) is 7.21. The smallest absolute Gasteiger partial charge is 0.135 e. The Labute approximate surface area is 119 Å². The van der Waals surface area contributed by atoms with Gasteiger partial charge >= 0.3 is 0 Å². The summed E-state index contributed by atoms with van der Waals surface area (Å²) in [5.74, 6) is 1.40. The minimum absolute atomic E-state index is 0.0266. The van der Waals surface area contributed by atoms with E-state index < -0.39 is 0 Å². The number of likely N-dealkylation sites (tertiary alicyclic amines) is 1. The Morgan fingerprint density at radius 3 is 2.80 bits per heavy atom. The molecule has 0 spiro atoms. The van der Waals surface area contributed by atoms with Gasteiger partial charge in [-0.2, -0.15) is 0 Å². The summed E-state index contributed by atoms with van der Waals surface area (Å²) in [7, 11) is 2.17. The van der Waals surface area contributed by atoms with Gasteiger partial charge in [0.15, 0.2) is 0 Å². The SMILES string of the molecule is CN1CCC(Cn2c(CO)nc3cc(N)ccc32)CC1. The summed E-state index contributed by atoms with van der Waals surface area (Å²) in [5, 5.41) is 9.54. The molecule has 5 heteroatoms. The Balaban J connectivity index is 1.89. The number of nitrogen functional groups attached to an aromatic ring is 1. The summed E-state index contributed by atoms with van der Waals surface area (Å²) in [4.78, 5) is 6.87. The minimum Gasteiger partial charge on any atom is -0.399 e. The quantitative estimate of drug-likeness (QED) is 0.831. The number of imidazole rings is 1. The second-order valence-electron chi connectivity index (χ2n) is 5.79. The largest absolute Gasteiger partial charge is 0.399 e. The van der Waals surface area contributed by atoms with Crippen molar-refractivity contribution in [3.63, 3.8) is 0 Å². The van der Waals surface area contributed by atoms with Crippen LogP contribution in [0.3, 0.4) is 0 Å². The first-order chi connectivity index (χ1) is 9.67. The van der Waals surface area contributed by atoms with Crippen LogP contribution in [0.1, 0.15) is 18.7 Å². The van der Waals surface area contributed by atoms with E-state index in [4.69, 9.17) is 5.73 Å². The predicted octanol–water partition coefficient (Wildman–Crippen LogP) is 1.45. The van der Waals surface area contributed by atoms with E-state index in [1.165, 1.54) is 12.8 Å². The Hall–Kier alpha value is -1.59. The van der Waals surface area contributed by atoms with Crippen molar-refractivity contribution in [3.8, 4) is 0 Å². The van der Waals surface area contributed by atoms with Gasteiger partial charge in [0.2, 0.25) is 0 Å². The van der Waals surface area contributed by atoms with Gasteiger partial charge in [-0.3, -0.25) is 0 Å². The topological polar surface area (TPSA) is 67.3 Å². The van der Waals surface area contributed by atoms with E-state index in [1.807, 2.05) is 18.2 Å². The van der Waals surface area contributed by atoms with Crippen LogP contribution < -0.4 is 5.73 Å². The lowest BCUT2D eigenvalue weighted by molar-refractivity contribution is 0.201. The number of rotatable bonds is 3. The number of nitrogens with two attached hydrogens (primary N) is 1. The number of anilines is 1. The second-order valence-corrected chi connectivity index (χ2v) is 5.79. The van der Waals surface area contributed by atoms with Crippen molar-refractivity contribution in [3.05, 3.63) is 24.0 Å². The molecule has 0 amide bonds. The van der Waals surface area contributed by atoms with Gasteiger partial charge < -0.3 is 20.3 Å². The third-order valence-electron chi connectivity index (χ3n) is 4.27. The predicted molar refractivity (Wildman–Crippen MR) is 80.3 cm³/mol. The van der Waals surface area contributed by atoms with Crippen molar-refractivity contribution < 1.29 is 5.11 Å². The van der Waals surface area contributed by atoms with E-state index in [1.54, 1.807) is 0 Å². The maximum absolute atomic E-state index is 9.54. The van der Waals surface area contributed by atoms with Gasteiger partial charge in [-0.05, 0) is 57.1 Å². The summed E-state index contributed by atoms with van der Waals surface area (Å²) in [6.07, 6.45) is 2.41. The normalized spacial score (nSPS) is 17.9. The van der Waals surface area contributed by atoms with Crippen LogP contribution in [-0.4, -0.2) is 39.7 Å². The lowest BCUT2D eigenvalue weighted by atomic mass is 9.97. The molecule has 0 atom stereocenters. The van der Waals surface area contributed by atoms with Gasteiger partial charge in [0, 0.05) is 12.2 Å². The zero-order valence-electron chi connectivity index (χ0n) is 11.9. The molecule has 2 heterocycles. The van der Waals surface area contributed by atoms with Crippen LogP contribution in [0.15, 0.2) is 18.2 Å². The molecule has 3 N–H and O–H groups in total. The standard InChI is InChI=1S/C15H22N4O/c1-18-6-4-11(5-7-18)9-19-14-3-2-12(16)8-13(14)17-15(19)10-20/h2-3,8,11,20H,4-7,9-10,16H2,1H3. The molecule has 2 aromatic rings. The third kappa shape index (κ3) is 2.51. The van der Waals surface area contributed by atoms with Crippen molar-refractivity contribution in [2.45, 2.75) is 26.0 Å². The highest BCUT2D eigenvalue weighted by atomic mass is 16.3. The molecule has 1 aliphatic rings. The summed E-state index contributed by atoms with van der Waals surface area (Å²) in [6.45, 7) is 3.21. The van der Waals surface area contributed by atoms with Crippen LogP contribution in [0.4, 0.5) is 5.69 Å². The maximum Gasteiger partial charge on any atom is 0.135 e. The highest BCUT2D eigenvalue weighted by Gasteiger charge is 2.19. The fraction of sp³-hybridized carbons (Fsp3) is 0.533. The van der Waals surface area contributed by atoms with Crippen molar-refractivity contribution in [1.82, 2.24) is 14.5 Å². The van der Waals surface area contributed by atoms with Gasteiger partial charge in [-0.25, -0.2) is 4.98 Å². The number of hydrogen-bond acceptors (Lipinski definition) is 4. The number of benzene rings is 1. The number of aliphatic hydroxyl groups excluding tert-OH is 1. The van der Waals surface area contributed by atoms with E-state index in [0.717, 1.165) is 36.5 Å². The van der Waals surface area contributed by atoms with Gasteiger partial charge in [0.1, 0.15) is 12.4 Å². The van der Waals surface area contributed by atoms with Gasteiger partial charge in [-0.15, -0.1) is 0 Å². The number of aromatic nitrogens is 2. The lowest BCUT2D eigenvalue weighted by Crippen LogP contribution is -2.32. The van der Waals surface area contributed by atoms with Crippen LogP contribution in [-0.2, 0) is 13.2 Å². The molecule has 1 aliphatic heterocycles. The number of fused-ring (bicyclic) bond motifs is 1. The molecule has 1 aromatic heterocycles. The highest BCUT2D eigenvalue weighted by Crippen LogP contribution is 2.24. The second kappa shape index (κ2) is 5.42. The van der Waals surface area contributed by atoms with Gasteiger partial charge in [0.05, 0.1) is 11.0 Å². The summed E-state index contributed by atoms with van der Waals surface area (Å²) < 4.78 is 2.16. The molecular formula is C15H22N4O. The minimum atomic E-state index is -0.0266. The van der Waals surface area contributed by atoms with E-state index in [0.29, 0.717) is 11.6 Å².